The fourth-order valence-corrected chi connectivity index (χ4v) is 2.75. The number of hydrogen-bond donors (Lipinski definition) is 0. The normalized spacial score (nSPS) is 12.8. The lowest BCUT2D eigenvalue weighted by Gasteiger charge is -2.13. The maximum atomic E-state index is 12.2. The van der Waals surface area contributed by atoms with Gasteiger partial charge in [0.1, 0.15) is 0 Å². The lowest BCUT2D eigenvalue weighted by molar-refractivity contribution is -0.142. The van der Waals surface area contributed by atoms with E-state index in [1.807, 2.05) is 0 Å². The standard InChI is InChI=1S/C20H17NO5/c22-17(14-7-2-1-3-8-14)13-26-18(23)11-6-12-21-19(24)15-9-4-5-10-16(15)20(21)25/h1-5,7-10H,6,11-13H2. The molecular weight excluding hydrogens is 334 g/mol. The Kier molecular flexibility index (Phi) is 5.22. The van der Waals surface area contributed by atoms with Crippen LogP contribution in [0.2, 0.25) is 0 Å². The molecule has 0 radical (unpaired) electrons. The predicted octanol–water partition coefficient (Wildman–Crippen LogP) is 2.49. The molecule has 3 rings (SSSR count). The molecule has 2 aromatic rings. The van der Waals surface area contributed by atoms with Gasteiger partial charge < -0.3 is 4.74 Å². The van der Waals surface area contributed by atoms with Crippen molar-refractivity contribution in [3.8, 4) is 0 Å². The first-order chi connectivity index (χ1) is 12.6. The van der Waals surface area contributed by atoms with Gasteiger partial charge in [-0.25, -0.2) is 0 Å². The van der Waals surface area contributed by atoms with Crippen LogP contribution in [0.5, 0.6) is 0 Å². The van der Waals surface area contributed by atoms with Gasteiger partial charge >= 0.3 is 5.97 Å². The summed E-state index contributed by atoms with van der Waals surface area (Å²) in [5.74, 6) is -1.51. The number of imide groups is 1. The van der Waals surface area contributed by atoms with Crippen molar-refractivity contribution in [3.63, 3.8) is 0 Å². The molecule has 0 atom stereocenters. The van der Waals surface area contributed by atoms with Gasteiger partial charge in [0.2, 0.25) is 0 Å². The summed E-state index contributed by atoms with van der Waals surface area (Å²) in [5, 5.41) is 0. The molecule has 1 aliphatic heterocycles. The number of carbonyl (C=O) groups excluding carboxylic acids is 4. The Labute approximate surface area is 150 Å². The molecule has 1 aliphatic rings. The highest BCUT2D eigenvalue weighted by atomic mass is 16.5. The number of amides is 2. The fraction of sp³-hybridized carbons (Fsp3) is 0.200. The third kappa shape index (κ3) is 3.69. The summed E-state index contributed by atoms with van der Waals surface area (Å²) in [7, 11) is 0. The van der Waals surface area contributed by atoms with Crippen LogP contribution < -0.4 is 0 Å². The largest absolute Gasteiger partial charge is 0.457 e. The van der Waals surface area contributed by atoms with Crippen LogP contribution in [-0.2, 0) is 9.53 Å². The first kappa shape index (κ1) is 17.5. The second kappa shape index (κ2) is 7.74. The molecule has 132 valence electrons. The Bertz CT molecular complexity index is 825. The van der Waals surface area contributed by atoms with Crippen molar-refractivity contribution in [2.75, 3.05) is 13.2 Å². The SMILES string of the molecule is O=C(CCCN1C(=O)c2ccccc2C1=O)OCC(=O)c1ccccc1. The second-order valence-electron chi connectivity index (χ2n) is 5.86. The Morgan fingerprint density at radius 1 is 0.846 bits per heavy atom. The van der Waals surface area contributed by atoms with E-state index in [1.165, 1.54) is 0 Å². The van der Waals surface area contributed by atoms with Crippen molar-refractivity contribution in [3.05, 3.63) is 71.3 Å². The van der Waals surface area contributed by atoms with E-state index >= 15 is 0 Å². The van der Waals surface area contributed by atoms with Crippen molar-refractivity contribution >= 4 is 23.6 Å². The van der Waals surface area contributed by atoms with Gasteiger partial charge in [-0.2, -0.15) is 0 Å². The summed E-state index contributed by atoms with van der Waals surface area (Å²) in [5.41, 5.74) is 1.24. The molecule has 1 heterocycles. The summed E-state index contributed by atoms with van der Waals surface area (Å²) >= 11 is 0. The zero-order valence-corrected chi connectivity index (χ0v) is 14.0. The van der Waals surface area contributed by atoms with Crippen LogP contribution in [0.15, 0.2) is 54.6 Å². The van der Waals surface area contributed by atoms with Gasteiger partial charge in [0.25, 0.3) is 11.8 Å². The van der Waals surface area contributed by atoms with Gasteiger partial charge in [0.15, 0.2) is 12.4 Å². The maximum Gasteiger partial charge on any atom is 0.306 e. The highest BCUT2D eigenvalue weighted by Crippen LogP contribution is 2.22. The third-order valence-electron chi connectivity index (χ3n) is 4.10. The zero-order chi connectivity index (χ0) is 18.5. The molecule has 2 aromatic carbocycles. The van der Waals surface area contributed by atoms with E-state index in [0.29, 0.717) is 16.7 Å². The van der Waals surface area contributed by atoms with Crippen molar-refractivity contribution in [1.29, 1.82) is 0 Å². The van der Waals surface area contributed by atoms with Gasteiger partial charge in [-0.15, -0.1) is 0 Å². The molecule has 0 aromatic heterocycles. The predicted molar refractivity (Wildman–Crippen MR) is 92.8 cm³/mol. The summed E-state index contributed by atoms with van der Waals surface area (Å²) in [4.78, 5) is 49.2. The minimum absolute atomic E-state index is 0.0233. The molecule has 0 unspecified atom stereocenters. The summed E-state index contributed by atoms with van der Waals surface area (Å²) < 4.78 is 4.96. The van der Waals surface area contributed by atoms with Crippen LogP contribution in [0.1, 0.15) is 43.9 Å². The Morgan fingerprint density at radius 2 is 1.42 bits per heavy atom. The molecule has 0 fully saturated rings. The fourth-order valence-electron chi connectivity index (χ4n) is 2.75. The third-order valence-corrected chi connectivity index (χ3v) is 4.10. The summed E-state index contributed by atoms with van der Waals surface area (Å²) in [6.45, 7) is -0.191. The Balaban J connectivity index is 1.44. The number of Topliss-reactive ketones (excluding diaryl/α,β-unsaturated/α-hetero) is 1. The minimum atomic E-state index is -0.536. The number of carbonyl (C=O) groups is 4. The van der Waals surface area contributed by atoms with Crippen LogP contribution >= 0.6 is 0 Å². The summed E-state index contributed by atoms with van der Waals surface area (Å²) in [6.07, 6.45) is 0.305. The van der Waals surface area contributed by atoms with E-state index in [2.05, 4.69) is 0 Å². The van der Waals surface area contributed by atoms with E-state index < -0.39 is 5.97 Å². The average molecular weight is 351 g/mol. The monoisotopic (exact) mass is 351 g/mol. The number of hydrogen-bond acceptors (Lipinski definition) is 5. The molecule has 0 aliphatic carbocycles. The molecule has 6 heteroatoms. The number of ether oxygens (including phenoxy) is 1. The van der Waals surface area contributed by atoms with Crippen molar-refractivity contribution in [1.82, 2.24) is 4.90 Å². The molecule has 0 spiro atoms. The molecule has 2 amide bonds. The van der Waals surface area contributed by atoms with Gasteiger partial charge in [0, 0.05) is 18.5 Å². The first-order valence-electron chi connectivity index (χ1n) is 8.27. The van der Waals surface area contributed by atoms with E-state index in [9.17, 15) is 19.2 Å². The van der Waals surface area contributed by atoms with E-state index in [4.69, 9.17) is 4.74 Å². The highest BCUT2D eigenvalue weighted by Gasteiger charge is 2.34. The van der Waals surface area contributed by atoms with Gasteiger partial charge in [-0.1, -0.05) is 42.5 Å². The van der Waals surface area contributed by atoms with Gasteiger partial charge in [0.05, 0.1) is 11.1 Å². The lowest BCUT2D eigenvalue weighted by atomic mass is 10.1. The second-order valence-corrected chi connectivity index (χ2v) is 5.86. The number of esters is 1. The number of fused-ring (bicyclic) bond motifs is 1. The molecule has 0 saturated heterocycles. The maximum absolute atomic E-state index is 12.2. The topological polar surface area (TPSA) is 80.8 Å². The molecule has 0 saturated carbocycles. The lowest BCUT2D eigenvalue weighted by Crippen LogP contribution is -2.31. The van der Waals surface area contributed by atoms with Crippen LogP contribution in [0.4, 0.5) is 0 Å². The van der Waals surface area contributed by atoms with Crippen molar-refractivity contribution in [2.24, 2.45) is 0 Å². The molecule has 0 N–H and O–H groups in total. The summed E-state index contributed by atoms with van der Waals surface area (Å²) in [6, 6.07) is 15.2. The zero-order valence-electron chi connectivity index (χ0n) is 14.0. The first-order valence-corrected chi connectivity index (χ1v) is 8.27. The highest BCUT2D eigenvalue weighted by molar-refractivity contribution is 6.21. The minimum Gasteiger partial charge on any atom is -0.457 e. The average Bonchev–Trinajstić information content (AvgIpc) is 2.92. The molecular formula is C20H17NO5. The Morgan fingerprint density at radius 3 is 2.04 bits per heavy atom. The number of nitrogens with zero attached hydrogens (tertiary/aromatic N) is 1. The van der Waals surface area contributed by atoms with Crippen LogP contribution in [0, 0.1) is 0 Å². The smallest absolute Gasteiger partial charge is 0.306 e. The van der Waals surface area contributed by atoms with Crippen LogP contribution in [-0.4, -0.2) is 41.6 Å². The quantitative estimate of drug-likeness (QED) is 0.435. The molecule has 26 heavy (non-hydrogen) atoms. The molecule has 6 nitrogen and oxygen atoms in total. The number of benzene rings is 2. The van der Waals surface area contributed by atoms with Crippen molar-refractivity contribution in [2.45, 2.75) is 12.8 Å². The molecule has 0 bridgehead atoms. The van der Waals surface area contributed by atoms with Crippen LogP contribution in [0.3, 0.4) is 0 Å². The number of ketones is 1. The van der Waals surface area contributed by atoms with Crippen molar-refractivity contribution < 1.29 is 23.9 Å². The van der Waals surface area contributed by atoms with Gasteiger partial charge in [-0.05, 0) is 18.6 Å². The van der Waals surface area contributed by atoms with Gasteiger partial charge in [-0.3, -0.25) is 24.1 Å². The van der Waals surface area contributed by atoms with E-state index in [0.717, 1.165) is 4.90 Å². The van der Waals surface area contributed by atoms with E-state index in [-0.39, 0.29) is 43.6 Å². The van der Waals surface area contributed by atoms with E-state index in [1.54, 1.807) is 54.6 Å². The van der Waals surface area contributed by atoms with Crippen LogP contribution in [0.25, 0.3) is 0 Å². The Hall–Kier alpha value is -3.28. The number of rotatable bonds is 7.